The third kappa shape index (κ3) is 5.61. The molecule has 0 unspecified atom stereocenters. The number of halogens is 2. The summed E-state index contributed by atoms with van der Waals surface area (Å²) in [6, 6.07) is 14.7. The van der Waals surface area contributed by atoms with Crippen LogP contribution >= 0.6 is 0 Å². The molecule has 0 aliphatic heterocycles. The number of para-hydroxylation sites is 1. The molecule has 0 bridgehead atoms. The zero-order chi connectivity index (χ0) is 20.6. The molecule has 0 atom stereocenters. The minimum Gasteiger partial charge on any atom is -0.454 e. The van der Waals surface area contributed by atoms with Crippen LogP contribution in [-0.4, -0.2) is 30.0 Å². The van der Waals surface area contributed by atoms with Gasteiger partial charge in [-0.1, -0.05) is 42.5 Å². The Morgan fingerprint density at radius 2 is 1.79 bits per heavy atom. The normalized spacial score (nSPS) is 10.6. The number of rotatable bonds is 8. The summed E-state index contributed by atoms with van der Waals surface area (Å²) in [6.45, 7) is -3.75. The van der Waals surface area contributed by atoms with Crippen LogP contribution < -0.4 is 10.1 Å². The zero-order valence-corrected chi connectivity index (χ0v) is 15.0. The van der Waals surface area contributed by atoms with E-state index in [0.29, 0.717) is 5.76 Å². The van der Waals surface area contributed by atoms with Crippen LogP contribution in [0.25, 0.3) is 11.3 Å². The second kappa shape index (κ2) is 9.45. The van der Waals surface area contributed by atoms with E-state index in [1.165, 1.54) is 30.5 Å². The molecule has 3 rings (SSSR count). The van der Waals surface area contributed by atoms with Crippen molar-refractivity contribution in [2.24, 2.45) is 0 Å². The van der Waals surface area contributed by atoms with E-state index >= 15 is 0 Å². The van der Waals surface area contributed by atoms with Crippen molar-refractivity contribution in [1.29, 1.82) is 0 Å². The van der Waals surface area contributed by atoms with Crippen LogP contribution in [0.2, 0.25) is 0 Å². The van der Waals surface area contributed by atoms with Gasteiger partial charge >= 0.3 is 12.6 Å². The van der Waals surface area contributed by atoms with E-state index in [4.69, 9.17) is 9.15 Å². The Morgan fingerprint density at radius 3 is 2.55 bits per heavy atom. The molecule has 3 aromatic rings. The smallest absolute Gasteiger partial charge is 0.387 e. The van der Waals surface area contributed by atoms with Gasteiger partial charge in [-0.25, -0.2) is 4.98 Å². The van der Waals surface area contributed by atoms with Crippen molar-refractivity contribution < 1.29 is 32.3 Å². The Labute approximate surface area is 164 Å². The molecular weight excluding hydrogens is 386 g/mol. The average molecular weight is 402 g/mol. The van der Waals surface area contributed by atoms with E-state index in [0.717, 1.165) is 5.56 Å². The maximum Gasteiger partial charge on any atom is 0.387 e. The number of aromatic nitrogens is 1. The lowest BCUT2D eigenvalue weighted by molar-refractivity contribution is -0.144. The first kappa shape index (κ1) is 20.0. The number of carbonyl (C=O) groups is 2. The van der Waals surface area contributed by atoms with Gasteiger partial charge in [-0.15, -0.1) is 0 Å². The first-order chi connectivity index (χ1) is 14.0. The molecule has 1 N–H and O–H groups in total. The Kier molecular flexibility index (Phi) is 6.51. The number of esters is 1. The van der Waals surface area contributed by atoms with Gasteiger partial charge in [-0.2, -0.15) is 8.78 Å². The minimum absolute atomic E-state index is 0.124. The number of amides is 1. The molecule has 0 aliphatic rings. The SMILES string of the molecule is O=C(CNC(=O)c1ccccc1OC(F)F)OCc1ncc(-c2ccccc2)o1. The Hall–Kier alpha value is -3.75. The number of carbonyl (C=O) groups excluding carboxylic acids is 2. The summed E-state index contributed by atoms with van der Waals surface area (Å²) in [6.07, 6.45) is 1.51. The molecule has 1 heterocycles. The topological polar surface area (TPSA) is 90.7 Å². The number of nitrogens with zero attached hydrogens (tertiary/aromatic N) is 1. The van der Waals surface area contributed by atoms with Gasteiger partial charge in [0.25, 0.3) is 5.91 Å². The molecule has 0 fully saturated rings. The Morgan fingerprint density at radius 1 is 1.07 bits per heavy atom. The van der Waals surface area contributed by atoms with E-state index in [1.807, 2.05) is 30.3 Å². The van der Waals surface area contributed by atoms with Gasteiger partial charge in [0.15, 0.2) is 12.4 Å². The van der Waals surface area contributed by atoms with Crippen LogP contribution in [0.1, 0.15) is 16.2 Å². The van der Waals surface area contributed by atoms with E-state index in [9.17, 15) is 18.4 Å². The fraction of sp³-hybridized carbons (Fsp3) is 0.150. The summed E-state index contributed by atoms with van der Waals surface area (Å²) >= 11 is 0. The fourth-order valence-electron chi connectivity index (χ4n) is 2.41. The van der Waals surface area contributed by atoms with Crippen LogP contribution in [0, 0.1) is 0 Å². The van der Waals surface area contributed by atoms with Gasteiger partial charge in [0.2, 0.25) is 5.89 Å². The highest BCUT2D eigenvalue weighted by Crippen LogP contribution is 2.21. The van der Waals surface area contributed by atoms with Crippen LogP contribution in [0.5, 0.6) is 5.75 Å². The van der Waals surface area contributed by atoms with Crippen LogP contribution in [0.3, 0.4) is 0 Å². The molecule has 0 aliphatic carbocycles. The Bertz CT molecular complexity index is 976. The molecule has 0 spiro atoms. The molecule has 0 radical (unpaired) electrons. The number of ether oxygens (including phenoxy) is 2. The van der Waals surface area contributed by atoms with Crippen LogP contribution in [0.15, 0.2) is 65.2 Å². The highest BCUT2D eigenvalue weighted by atomic mass is 19.3. The van der Waals surface area contributed by atoms with Crippen molar-refractivity contribution in [2.45, 2.75) is 13.2 Å². The average Bonchev–Trinajstić information content (AvgIpc) is 3.20. The standard InChI is InChI=1S/C20H16F2N2O5/c21-20(22)29-15-9-5-4-8-14(15)19(26)24-11-18(25)27-12-17-23-10-16(28-17)13-6-2-1-3-7-13/h1-10,20H,11-12H2,(H,24,26). The maximum atomic E-state index is 12.4. The lowest BCUT2D eigenvalue weighted by Gasteiger charge is -2.10. The summed E-state index contributed by atoms with van der Waals surface area (Å²) in [5, 5.41) is 2.29. The summed E-state index contributed by atoms with van der Waals surface area (Å²) in [5.41, 5.74) is 0.704. The number of oxazole rings is 1. The monoisotopic (exact) mass is 402 g/mol. The van der Waals surface area contributed by atoms with Gasteiger partial charge in [0.1, 0.15) is 12.3 Å². The second-order valence-corrected chi connectivity index (χ2v) is 5.70. The van der Waals surface area contributed by atoms with Crippen molar-refractivity contribution in [1.82, 2.24) is 10.3 Å². The Balaban J connectivity index is 1.49. The quantitative estimate of drug-likeness (QED) is 0.581. The third-order valence-corrected chi connectivity index (χ3v) is 3.71. The first-order valence-electron chi connectivity index (χ1n) is 8.50. The lowest BCUT2D eigenvalue weighted by Crippen LogP contribution is -2.31. The van der Waals surface area contributed by atoms with Gasteiger partial charge in [-0.05, 0) is 12.1 Å². The summed E-state index contributed by atoms with van der Waals surface area (Å²) in [7, 11) is 0. The van der Waals surface area contributed by atoms with E-state index in [-0.39, 0.29) is 23.8 Å². The molecule has 150 valence electrons. The highest BCUT2D eigenvalue weighted by Gasteiger charge is 2.16. The molecule has 7 nitrogen and oxygen atoms in total. The van der Waals surface area contributed by atoms with Crippen LogP contribution in [0.4, 0.5) is 8.78 Å². The summed E-state index contributed by atoms with van der Waals surface area (Å²) in [5.74, 6) is -1.06. The highest BCUT2D eigenvalue weighted by molar-refractivity contribution is 5.98. The molecule has 1 aromatic heterocycles. The summed E-state index contributed by atoms with van der Waals surface area (Å²) in [4.78, 5) is 28.0. The first-order valence-corrected chi connectivity index (χ1v) is 8.50. The second-order valence-electron chi connectivity index (χ2n) is 5.70. The van der Waals surface area contributed by atoms with Crippen molar-refractivity contribution in [2.75, 3.05) is 6.54 Å². The van der Waals surface area contributed by atoms with Crippen molar-refractivity contribution in [3.8, 4) is 17.1 Å². The van der Waals surface area contributed by atoms with Crippen LogP contribution in [-0.2, 0) is 16.1 Å². The van der Waals surface area contributed by atoms with E-state index in [1.54, 1.807) is 0 Å². The summed E-state index contributed by atoms with van der Waals surface area (Å²) < 4.78 is 39.6. The largest absolute Gasteiger partial charge is 0.454 e. The van der Waals surface area contributed by atoms with Crippen molar-refractivity contribution >= 4 is 11.9 Å². The van der Waals surface area contributed by atoms with Crippen molar-refractivity contribution in [3.63, 3.8) is 0 Å². The lowest BCUT2D eigenvalue weighted by atomic mass is 10.2. The predicted octanol–water partition coefficient (Wildman–Crippen LogP) is 3.42. The molecule has 29 heavy (non-hydrogen) atoms. The van der Waals surface area contributed by atoms with Crippen molar-refractivity contribution in [3.05, 3.63) is 72.2 Å². The number of benzene rings is 2. The zero-order valence-electron chi connectivity index (χ0n) is 15.0. The van der Waals surface area contributed by atoms with Gasteiger partial charge in [0, 0.05) is 5.56 Å². The maximum absolute atomic E-state index is 12.4. The van der Waals surface area contributed by atoms with Gasteiger partial charge in [-0.3, -0.25) is 9.59 Å². The molecule has 2 aromatic carbocycles. The minimum atomic E-state index is -3.07. The number of hydrogen-bond donors (Lipinski definition) is 1. The number of alkyl halides is 2. The fourth-order valence-corrected chi connectivity index (χ4v) is 2.41. The number of hydrogen-bond acceptors (Lipinski definition) is 6. The molecule has 0 saturated heterocycles. The molecular formula is C20H16F2N2O5. The number of nitrogens with one attached hydrogen (secondary N) is 1. The molecule has 0 saturated carbocycles. The molecule has 9 heteroatoms. The predicted molar refractivity (Wildman–Crippen MR) is 97.1 cm³/mol. The molecule has 1 amide bonds. The third-order valence-electron chi connectivity index (χ3n) is 3.71. The van der Waals surface area contributed by atoms with Gasteiger partial charge in [0.05, 0.1) is 11.8 Å². The van der Waals surface area contributed by atoms with Gasteiger partial charge < -0.3 is 19.2 Å². The van der Waals surface area contributed by atoms with E-state index < -0.39 is 25.0 Å². The van der Waals surface area contributed by atoms with E-state index in [2.05, 4.69) is 15.0 Å².